The summed E-state index contributed by atoms with van der Waals surface area (Å²) in [6.07, 6.45) is 8.38. The molecule has 0 unspecified atom stereocenters. The summed E-state index contributed by atoms with van der Waals surface area (Å²) in [7, 11) is 3.51. The molecule has 0 aliphatic heterocycles. The lowest BCUT2D eigenvalue weighted by Crippen LogP contribution is -2.33. The summed E-state index contributed by atoms with van der Waals surface area (Å²) in [6.45, 7) is 5.24. The third kappa shape index (κ3) is 5.37. The van der Waals surface area contributed by atoms with Gasteiger partial charge in [-0.05, 0) is 26.0 Å². The third-order valence-electron chi connectivity index (χ3n) is 3.72. The molecule has 132 valence electrons. The first-order valence-electron chi connectivity index (χ1n) is 8.08. The molecule has 2 rings (SSSR count). The normalized spacial score (nSPS) is 11.8. The maximum atomic E-state index is 9.39. The number of pyridine rings is 1. The number of likely N-dealkylation sites (N-methyl/N-ethyl adjacent to an activating group) is 1. The van der Waals surface area contributed by atoms with Crippen molar-refractivity contribution in [3.8, 4) is 17.7 Å². The van der Waals surface area contributed by atoms with E-state index in [1.165, 1.54) is 7.11 Å². The topological polar surface area (TPSA) is 71.5 Å². The molecule has 0 N–H and O–H groups in total. The molecule has 2 aromatic heterocycles. The molecule has 0 saturated heterocycles. The highest BCUT2D eigenvalue weighted by molar-refractivity contribution is 5.49. The summed E-state index contributed by atoms with van der Waals surface area (Å²) in [5.41, 5.74) is 1.42. The van der Waals surface area contributed by atoms with Crippen LogP contribution in [0.15, 0.2) is 47.9 Å². The largest absolute Gasteiger partial charge is 0.487 e. The Morgan fingerprint density at radius 3 is 2.96 bits per heavy atom. The summed E-state index contributed by atoms with van der Waals surface area (Å²) >= 11 is 0. The van der Waals surface area contributed by atoms with Gasteiger partial charge in [-0.3, -0.25) is 4.90 Å². The highest BCUT2D eigenvalue weighted by atomic mass is 16.5. The number of nitrogens with zero attached hydrogens (tertiary/aromatic N) is 3. The van der Waals surface area contributed by atoms with Gasteiger partial charge in [-0.25, -0.2) is 4.98 Å². The number of allylic oxidation sites excluding steroid dienone is 1. The highest BCUT2D eigenvalue weighted by Crippen LogP contribution is 2.26. The zero-order valence-electron chi connectivity index (χ0n) is 14.6. The molecule has 6 nitrogen and oxygen atoms in total. The zero-order chi connectivity index (χ0) is 18.1. The Labute approximate surface area is 148 Å². The van der Waals surface area contributed by atoms with Crippen molar-refractivity contribution < 1.29 is 13.9 Å². The molecule has 6 heteroatoms. The Balaban J connectivity index is 2.09. The first-order chi connectivity index (χ1) is 12.2. The first kappa shape index (κ1) is 18.6. The Hall–Kier alpha value is -2.78. The van der Waals surface area contributed by atoms with Crippen molar-refractivity contribution in [3.63, 3.8) is 0 Å². The summed E-state index contributed by atoms with van der Waals surface area (Å²) in [4.78, 5) is 6.20. The van der Waals surface area contributed by atoms with E-state index in [2.05, 4.69) is 22.5 Å². The van der Waals surface area contributed by atoms with E-state index in [9.17, 15) is 5.26 Å². The standard InChI is InChI=1S/C19H23N3O3/c1-4-5-6-16(13-22(2)12-15-8-10-24-14-15)25-18-7-9-21-19(23-3)17(18)11-20/h4,7-10,14,16H,1,5-6,12-13H2,2-3H3/t16-/m0/s1. The fraction of sp³-hybridized carbons (Fsp3) is 0.368. The molecule has 0 aliphatic rings. The molecule has 0 spiro atoms. The minimum absolute atomic E-state index is 0.0888. The predicted molar refractivity (Wildman–Crippen MR) is 94.4 cm³/mol. The van der Waals surface area contributed by atoms with Gasteiger partial charge in [0.2, 0.25) is 5.88 Å². The monoisotopic (exact) mass is 341 g/mol. The van der Waals surface area contributed by atoms with Crippen molar-refractivity contribution >= 4 is 0 Å². The molecule has 0 fully saturated rings. The van der Waals surface area contributed by atoms with Crippen LogP contribution in [0.4, 0.5) is 0 Å². The molecule has 0 aromatic carbocycles. The van der Waals surface area contributed by atoms with E-state index in [0.29, 0.717) is 17.9 Å². The second-order valence-corrected chi connectivity index (χ2v) is 5.74. The molecular weight excluding hydrogens is 318 g/mol. The van der Waals surface area contributed by atoms with Gasteiger partial charge in [-0.1, -0.05) is 6.08 Å². The minimum atomic E-state index is -0.0888. The Morgan fingerprint density at radius 1 is 1.48 bits per heavy atom. The van der Waals surface area contributed by atoms with Crippen LogP contribution in [0.5, 0.6) is 11.6 Å². The number of ether oxygens (including phenoxy) is 2. The number of hydrogen-bond donors (Lipinski definition) is 0. The molecule has 1 atom stereocenters. The molecular formula is C19H23N3O3. The summed E-state index contributed by atoms with van der Waals surface area (Å²) in [5.74, 6) is 0.759. The lowest BCUT2D eigenvalue weighted by Gasteiger charge is -2.25. The van der Waals surface area contributed by atoms with Crippen molar-refractivity contribution in [1.82, 2.24) is 9.88 Å². The van der Waals surface area contributed by atoms with Crippen LogP contribution in [-0.2, 0) is 6.54 Å². The quantitative estimate of drug-likeness (QED) is 0.617. The summed E-state index contributed by atoms with van der Waals surface area (Å²) < 4.78 is 16.4. The van der Waals surface area contributed by atoms with Crippen LogP contribution in [0.25, 0.3) is 0 Å². The van der Waals surface area contributed by atoms with E-state index in [0.717, 1.165) is 24.9 Å². The molecule has 0 saturated carbocycles. The van der Waals surface area contributed by atoms with Gasteiger partial charge < -0.3 is 13.9 Å². The molecule has 0 amide bonds. The molecule has 2 aromatic rings. The summed E-state index contributed by atoms with van der Waals surface area (Å²) in [6, 6.07) is 5.74. The lowest BCUT2D eigenvalue weighted by atomic mass is 10.1. The highest BCUT2D eigenvalue weighted by Gasteiger charge is 2.18. The van der Waals surface area contributed by atoms with Gasteiger partial charge >= 0.3 is 0 Å². The van der Waals surface area contributed by atoms with E-state index in [-0.39, 0.29) is 12.0 Å². The Bertz CT molecular complexity index is 707. The van der Waals surface area contributed by atoms with Crippen molar-refractivity contribution in [1.29, 1.82) is 5.26 Å². The van der Waals surface area contributed by atoms with Gasteiger partial charge in [-0.2, -0.15) is 5.26 Å². The fourth-order valence-electron chi connectivity index (χ4n) is 2.56. The van der Waals surface area contributed by atoms with Crippen LogP contribution in [0.1, 0.15) is 24.0 Å². The van der Waals surface area contributed by atoms with Gasteiger partial charge in [0.05, 0.1) is 19.6 Å². The van der Waals surface area contributed by atoms with Crippen molar-refractivity contribution in [2.45, 2.75) is 25.5 Å². The summed E-state index contributed by atoms with van der Waals surface area (Å²) in [5, 5.41) is 9.39. The van der Waals surface area contributed by atoms with E-state index in [1.807, 2.05) is 19.2 Å². The van der Waals surface area contributed by atoms with Crippen molar-refractivity contribution in [2.75, 3.05) is 20.7 Å². The molecule has 0 radical (unpaired) electrons. The SMILES string of the molecule is C=CCC[C@@H](CN(C)Cc1ccoc1)Oc1ccnc(OC)c1C#N. The lowest BCUT2D eigenvalue weighted by molar-refractivity contribution is 0.136. The van der Waals surface area contributed by atoms with E-state index in [1.54, 1.807) is 24.8 Å². The number of furan rings is 1. The first-order valence-corrected chi connectivity index (χ1v) is 8.08. The number of aromatic nitrogens is 1. The van der Waals surface area contributed by atoms with Crippen LogP contribution in [0, 0.1) is 11.3 Å². The predicted octanol–water partition coefficient (Wildman–Crippen LogP) is 3.40. The minimum Gasteiger partial charge on any atom is -0.487 e. The second-order valence-electron chi connectivity index (χ2n) is 5.74. The molecule has 25 heavy (non-hydrogen) atoms. The second kappa shape index (κ2) is 9.50. The Morgan fingerprint density at radius 2 is 2.32 bits per heavy atom. The van der Waals surface area contributed by atoms with E-state index < -0.39 is 0 Å². The van der Waals surface area contributed by atoms with Crippen LogP contribution in [0.2, 0.25) is 0 Å². The van der Waals surface area contributed by atoms with E-state index in [4.69, 9.17) is 13.9 Å². The number of nitriles is 1. The van der Waals surface area contributed by atoms with Gasteiger partial charge in [0.15, 0.2) is 5.56 Å². The molecule has 0 bridgehead atoms. The maximum absolute atomic E-state index is 9.39. The van der Waals surface area contributed by atoms with E-state index >= 15 is 0 Å². The average molecular weight is 341 g/mol. The zero-order valence-corrected chi connectivity index (χ0v) is 14.6. The maximum Gasteiger partial charge on any atom is 0.235 e. The van der Waals surface area contributed by atoms with Crippen LogP contribution in [-0.4, -0.2) is 36.7 Å². The van der Waals surface area contributed by atoms with Gasteiger partial charge in [0.1, 0.15) is 17.9 Å². The van der Waals surface area contributed by atoms with Crippen molar-refractivity contribution in [3.05, 3.63) is 54.6 Å². The van der Waals surface area contributed by atoms with Crippen LogP contribution >= 0.6 is 0 Å². The average Bonchev–Trinajstić information content (AvgIpc) is 3.12. The molecule has 0 aliphatic carbocycles. The smallest absolute Gasteiger partial charge is 0.235 e. The number of rotatable bonds is 10. The van der Waals surface area contributed by atoms with Gasteiger partial charge in [0.25, 0.3) is 0 Å². The third-order valence-corrected chi connectivity index (χ3v) is 3.72. The van der Waals surface area contributed by atoms with Crippen LogP contribution in [0.3, 0.4) is 0 Å². The van der Waals surface area contributed by atoms with Gasteiger partial charge in [0, 0.05) is 30.9 Å². The van der Waals surface area contributed by atoms with Crippen LogP contribution < -0.4 is 9.47 Å². The fourth-order valence-corrected chi connectivity index (χ4v) is 2.56. The molecule has 2 heterocycles. The van der Waals surface area contributed by atoms with Crippen molar-refractivity contribution in [2.24, 2.45) is 0 Å². The number of methoxy groups -OCH3 is 1. The number of hydrogen-bond acceptors (Lipinski definition) is 6. The van der Waals surface area contributed by atoms with Gasteiger partial charge in [-0.15, -0.1) is 6.58 Å². The Kier molecular flexibility index (Phi) is 7.05.